The van der Waals surface area contributed by atoms with Crippen LogP contribution in [0.25, 0.3) is 11.3 Å². The number of hydrogen-bond donors (Lipinski definition) is 2. The molecule has 27 heavy (non-hydrogen) atoms. The van der Waals surface area contributed by atoms with Gasteiger partial charge in [0.2, 0.25) is 0 Å². The largest absolute Gasteiger partial charge is 0.497 e. The lowest BCUT2D eigenvalue weighted by atomic mass is 10.1. The normalized spacial score (nSPS) is 10.6. The number of amides is 1. The first-order valence-corrected chi connectivity index (χ1v) is 8.86. The van der Waals surface area contributed by atoms with E-state index in [1.165, 1.54) is 0 Å². The highest BCUT2D eigenvalue weighted by Crippen LogP contribution is 2.25. The van der Waals surface area contributed by atoms with Gasteiger partial charge in [0, 0.05) is 24.9 Å². The second-order valence-electron chi connectivity index (χ2n) is 6.14. The smallest absolute Gasteiger partial charge is 0.255 e. The van der Waals surface area contributed by atoms with E-state index in [2.05, 4.69) is 10.4 Å². The van der Waals surface area contributed by atoms with Crippen molar-refractivity contribution in [3.05, 3.63) is 71.9 Å². The van der Waals surface area contributed by atoms with Crippen LogP contribution in [0.5, 0.6) is 5.75 Å². The first-order valence-electron chi connectivity index (χ1n) is 8.86. The fourth-order valence-electron chi connectivity index (χ4n) is 2.78. The number of nitrogens with zero attached hydrogens (tertiary/aromatic N) is 2. The molecule has 6 nitrogen and oxygen atoms in total. The quantitative estimate of drug-likeness (QED) is 0.602. The van der Waals surface area contributed by atoms with E-state index in [4.69, 9.17) is 9.84 Å². The monoisotopic (exact) mass is 365 g/mol. The molecule has 0 atom stereocenters. The van der Waals surface area contributed by atoms with Crippen LogP contribution in [0.15, 0.2) is 60.8 Å². The summed E-state index contributed by atoms with van der Waals surface area (Å²) in [6.07, 6.45) is 2.28. The number of aliphatic hydroxyl groups is 1. The Morgan fingerprint density at radius 2 is 1.89 bits per heavy atom. The van der Waals surface area contributed by atoms with Crippen molar-refractivity contribution in [3.63, 3.8) is 0 Å². The Balaban J connectivity index is 1.91. The van der Waals surface area contributed by atoms with Gasteiger partial charge in [-0.15, -0.1) is 0 Å². The predicted octanol–water partition coefficient (Wildman–Crippen LogP) is 2.72. The minimum absolute atomic E-state index is 0.0406. The molecular weight excluding hydrogens is 342 g/mol. The van der Waals surface area contributed by atoms with E-state index in [1.54, 1.807) is 18.0 Å². The highest BCUT2D eigenvalue weighted by atomic mass is 16.5. The third-order valence-corrected chi connectivity index (χ3v) is 4.18. The topological polar surface area (TPSA) is 76.4 Å². The number of rotatable bonds is 8. The van der Waals surface area contributed by atoms with Gasteiger partial charge in [-0.25, -0.2) is 0 Å². The molecule has 3 aromatic rings. The van der Waals surface area contributed by atoms with Crippen molar-refractivity contribution in [2.24, 2.45) is 0 Å². The summed E-state index contributed by atoms with van der Waals surface area (Å²) in [5.41, 5.74) is 3.08. The van der Waals surface area contributed by atoms with E-state index in [1.807, 2.05) is 54.6 Å². The van der Waals surface area contributed by atoms with E-state index in [9.17, 15) is 4.79 Å². The molecule has 0 bridgehead atoms. The Morgan fingerprint density at radius 1 is 1.15 bits per heavy atom. The van der Waals surface area contributed by atoms with E-state index in [0.29, 0.717) is 30.8 Å². The molecule has 0 spiro atoms. The highest BCUT2D eigenvalue weighted by molar-refractivity contribution is 5.99. The molecule has 0 fully saturated rings. The van der Waals surface area contributed by atoms with Crippen molar-refractivity contribution in [3.8, 4) is 17.0 Å². The van der Waals surface area contributed by atoms with Crippen molar-refractivity contribution >= 4 is 5.91 Å². The zero-order valence-electron chi connectivity index (χ0n) is 15.3. The standard InChI is InChI=1S/C21H23N3O3/c1-27-18-10-8-17(9-11-18)20-19(21(26)22-12-5-13-25)15-24(23-20)14-16-6-3-2-4-7-16/h2-4,6-11,15,25H,5,12-14H2,1H3,(H,22,26). The van der Waals surface area contributed by atoms with Crippen molar-refractivity contribution < 1.29 is 14.6 Å². The first-order chi connectivity index (χ1) is 13.2. The first kappa shape index (κ1) is 18.7. The molecule has 1 heterocycles. The molecule has 0 aliphatic rings. The fourth-order valence-corrected chi connectivity index (χ4v) is 2.78. The third kappa shape index (κ3) is 4.74. The van der Waals surface area contributed by atoms with Crippen molar-refractivity contribution in [1.29, 1.82) is 0 Å². The minimum atomic E-state index is -0.200. The van der Waals surface area contributed by atoms with Crippen LogP contribution in [-0.2, 0) is 6.54 Å². The van der Waals surface area contributed by atoms with Crippen LogP contribution in [0.2, 0.25) is 0 Å². The number of aliphatic hydroxyl groups excluding tert-OH is 1. The molecule has 1 aromatic heterocycles. The number of aromatic nitrogens is 2. The van der Waals surface area contributed by atoms with Crippen LogP contribution < -0.4 is 10.1 Å². The molecule has 0 aliphatic heterocycles. The van der Waals surface area contributed by atoms with Crippen LogP contribution in [-0.4, -0.2) is 41.1 Å². The lowest BCUT2D eigenvalue weighted by Gasteiger charge is -2.05. The Kier molecular flexibility index (Phi) is 6.22. The van der Waals surface area contributed by atoms with Crippen LogP contribution in [0.1, 0.15) is 22.3 Å². The van der Waals surface area contributed by atoms with Crippen LogP contribution >= 0.6 is 0 Å². The Morgan fingerprint density at radius 3 is 2.56 bits per heavy atom. The van der Waals surface area contributed by atoms with Gasteiger partial charge in [-0.3, -0.25) is 9.48 Å². The van der Waals surface area contributed by atoms with Crippen LogP contribution in [0, 0.1) is 0 Å². The van der Waals surface area contributed by atoms with Gasteiger partial charge in [0.15, 0.2) is 0 Å². The Bertz CT molecular complexity index is 873. The molecule has 3 rings (SSSR count). The number of ether oxygens (including phenoxy) is 1. The number of hydrogen-bond acceptors (Lipinski definition) is 4. The van der Waals surface area contributed by atoms with Gasteiger partial charge >= 0.3 is 0 Å². The Hall–Kier alpha value is -3.12. The van der Waals surface area contributed by atoms with E-state index in [-0.39, 0.29) is 12.5 Å². The molecule has 6 heteroatoms. The lowest BCUT2D eigenvalue weighted by molar-refractivity contribution is 0.0951. The molecule has 0 saturated carbocycles. The number of methoxy groups -OCH3 is 1. The number of carbonyl (C=O) groups excluding carboxylic acids is 1. The second kappa shape index (κ2) is 9.00. The summed E-state index contributed by atoms with van der Waals surface area (Å²) in [5.74, 6) is 0.546. The van der Waals surface area contributed by atoms with Gasteiger partial charge in [0.25, 0.3) is 5.91 Å². The van der Waals surface area contributed by atoms with Gasteiger partial charge in [-0.2, -0.15) is 5.10 Å². The lowest BCUT2D eigenvalue weighted by Crippen LogP contribution is -2.25. The minimum Gasteiger partial charge on any atom is -0.497 e. The summed E-state index contributed by atoms with van der Waals surface area (Å²) in [5, 5.41) is 16.4. The maximum Gasteiger partial charge on any atom is 0.255 e. The maximum atomic E-state index is 12.6. The van der Waals surface area contributed by atoms with E-state index < -0.39 is 0 Å². The zero-order valence-corrected chi connectivity index (χ0v) is 15.3. The van der Waals surface area contributed by atoms with Crippen LogP contribution in [0.4, 0.5) is 0 Å². The number of nitrogens with one attached hydrogen (secondary N) is 1. The zero-order chi connectivity index (χ0) is 19.1. The Labute approximate surface area is 158 Å². The summed E-state index contributed by atoms with van der Waals surface area (Å²) in [6, 6.07) is 17.4. The molecule has 0 saturated heterocycles. The number of benzene rings is 2. The van der Waals surface area contributed by atoms with E-state index in [0.717, 1.165) is 16.9 Å². The average Bonchev–Trinajstić information content (AvgIpc) is 3.13. The van der Waals surface area contributed by atoms with Gasteiger partial charge < -0.3 is 15.2 Å². The fraction of sp³-hybridized carbons (Fsp3) is 0.238. The highest BCUT2D eigenvalue weighted by Gasteiger charge is 2.18. The summed E-state index contributed by atoms with van der Waals surface area (Å²) < 4.78 is 6.98. The molecule has 0 aliphatic carbocycles. The molecule has 1 amide bonds. The summed E-state index contributed by atoms with van der Waals surface area (Å²) in [6.45, 7) is 1.04. The summed E-state index contributed by atoms with van der Waals surface area (Å²) in [7, 11) is 1.61. The predicted molar refractivity (Wildman–Crippen MR) is 104 cm³/mol. The van der Waals surface area contributed by atoms with E-state index >= 15 is 0 Å². The van der Waals surface area contributed by atoms with Gasteiger partial charge in [0.1, 0.15) is 11.4 Å². The molecule has 2 N–H and O–H groups in total. The molecular formula is C21H23N3O3. The summed E-state index contributed by atoms with van der Waals surface area (Å²) >= 11 is 0. The van der Waals surface area contributed by atoms with Crippen molar-refractivity contribution in [1.82, 2.24) is 15.1 Å². The summed E-state index contributed by atoms with van der Waals surface area (Å²) in [4.78, 5) is 12.6. The molecule has 140 valence electrons. The van der Waals surface area contributed by atoms with Gasteiger partial charge in [-0.1, -0.05) is 30.3 Å². The SMILES string of the molecule is COc1ccc(-c2nn(Cc3ccccc3)cc2C(=O)NCCCO)cc1. The maximum absolute atomic E-state index is 12.6. The van der Waals surface area contributed by atoms with Gasteiger partial charge in [-0.05, 0) is 36.2 Å². The number of carbonyl (C=O) groups is 1. The van der Waals surface area contributed by atoms with Crippen molar-refractivity contribution in [2.45, 2.75) is 13.0 Å². The van der Waals surface area contributed by atoms with Crippen molar-refractivity contribution in [2.75, 3.05) is 20.3 Å². The third-order valence-electron chi connectivity index (χ3n) is 4.18. The molecule has 2 aromatic carbocycles. The average molecular weight is 365 g/mol. The molecule has 0 radical (unpaired) electrons. The molecule has 0 unspecified atom stereocenters. The van der Waals surface area contributed by atoms with Crippen LogP contribution in [0.3, 0.4) is 0 Å². The second-order valence-corrected chi connectivity index (χ2v) is 6.14. The van der Waals surface area contributed by atoms with Gasteiger partial charge in [0.05, 0.1) is 19.2 Å².